The quantitative estimate of drug-likeness (QED) is 0.757. The van der Waals surface area contributed by atoms with Crippen molar-refractivity contribution in [3.05, 3.63) is 28.8 Å². The molecule has 0 saturated carbocycles. The Kier molecular flexibility index (Phi) is 2.28. The van der Waals surface area contributed by atoms with Crippen LogP contribution in [0.2, 0.25) is 5.02 Å². The summed E-state index contributed by atoms with van der Waals surface area (Å²) < 4.78 is 9.54. The topological polar surface area (TPSA) is 59.7 Å². The van der Waals surface area contributed by atoms with Crippen LogP contribution in [-0.2, 0) is 0 Å². The van der Waals surface area contributed by atoms with E-state index >= 15 is 0 Å². The lowest BCUT2D eigenvalue weighted by atomic mass is 10.2. The maximum absolute atomic E-state index is 10.3. The Labute approximate surface area is 90.0 Å². The summed E-state index contributed by atoms with van der Waals surface area (Å²) in [6, 6.07) is 4.91. The third-order valence-electron chi connectivity index (χ3n) is 1.96. The molecule has 0 bridgehead atoms. The van der Waals surface area contributed by atoms with Gasteiger partial charge in [0.1, 0.15) is 5.58 Å². The molecular weight excluding hydrogens is 220 g/mol. The Morgan fingerprint density at radius 2 is 2.20 bits per heavy atom. The monoisotopic (exact) mass is 226 g/mol. The second-order valence-corrected chi connectivity index (χ2v) is 3.48. The zero-order chi connectivity index (χ0) is 11.0. The van der Waals surface area contributed by atoms with Crippen molar-refractivity contribution in [2.24, 2.45) is 0 Å². The molecule has 0 aliphatic rings. The number of ether oxygens (including phenoxy) is 1. The highest BCUT2D eigenvalue weighted by atomic mass is 35.5. The van der Waals surface area contributed by atoms with Crippen LogP contribution in [0.25, 0.3) is 11.0 Å². The van der Waals surface area contributed by atoms with E-state index in [0.29, 0.717) is 16.0 Å². The fraction of sp³-hybridized carbons (Fsp3) is 0.100. The molecule has 0 radical (unpaired) electrons. The zero-order valence-electron chi connectivity index (χ0n) is 7.78. The van der Waals surface area contributed by atoms with Gasteiger partial charge in [0.15, 0.2) is 0 Å². The van der Waals surface area contributed by atoms with Crippen LogP contribution in [0.5, 0.6) is 5.95 Å². The van der Waals surface area contributed by atoms with Gasteiger partial charge >= 0.3 is 6.16 Å². The van der Waals surface area contributed by atoms with Gasteiger partial charge in [0.25, 0.3) is 5.95 Å². The Balaban J connectivity index is 2.51. The molecule has 0 aliphatic carbocycles. The predicted octanol–water partition coefficient (Wildman–Crippen LogP) is 3.45. The molecule has 0 atom stereocenters. The summed E-state index contributed by atoms with van der Waals surface area (Å²) in [5, 5.41) is 9.71. The lowest BCUT2D eigenvalue weighted by Crippen LogP contribution is -2.01. The number of aryl methyl sites for hydroxylation is 1. The Hall–Kier alpha value is -1.68. The van der Waals surface area contributed by atoms with Crippen LogP contribution < -0.4 is 4.74 Å². The molecule has 1 aromatic heterocycles. The number of carbonyl (C=O) groups is 1. The van der Waals surface area contributed by atoms with Gasteiger partial charge in [-0.05, 0) is 24.6 Å². The van der Waals surface area contributed by atoms with E-state index in [1.807, 2.05) is 6.92 Å². The minimum absolute atomic E-state index is 0.0563. The summed E-state index contributed by atoms with van der Waals surface area (Å²) in [4.78, 5) is 10.3. The van der Waals surface area contributed by atoms with E-state index in [1.54, 1.807) is 12.1 Å². The summed E-state index contributed by atoms with van der Waals surface area (Å²) >= 11 is 5.90. The number of furan rings is 1. The van der Waals surface area contributed by atoms with Gasteiger partial charge in [0.2, 0.25) is 0 Å². The van der Waals surface area contributed by atoms with E-state index in [-0.39, 0.29) is 5.95 Å². The van der Waals surface area contributed by atoms with E-state index in [0.717, 1.165) is 5.56 Å². The van der Waals surface area contributed by atoms with E-state index in [1.165, 1.54) is 6.07 Å². The van der Waals surface area contributed by atoms with E-state index in [9.17, 15) is 4.79 Å². The van der Waals surface area contributed by atoms with Gasteiger partial charge in [0.05, 0.1) is 0 Å². The minimum Gasteiger partial charge on any atom is -0.449 e. The molecule has 78 valence electrons. The lowest BCUT2D eigenvalue weighted by molar-refractivity contribution is 0.134. The highest BCUT2D eigenvalue weighted by molar-refractivity contribution is 6.32. The number of hydrogen-bond donors (Lipinski definition) is 1. The third kappa shape index (κ3) is 1.89. The van der Waals surface area contributed by atoms with Gasteiger partial charge in [-0.25, -0.2) is 4.79 Å². The molecular formula is C10H7ClO4. The summed E-state index contributed by atoms with van der Waals surface area (Å²) in [7, 11) is 0. The van der Waals surface area contributed by atoms with E-state index < -0.39 is 6.16 Å². The van der Waals surface area contributed by atoms with Gasteiger partial charge in [-0.2, -0.15) is 0 Å². The summed E-state index contributed by atoms with van der Waals surface area (Å²) in [6.07, 6.45) is -1.41. The van der Waals surface area contributed by atoms with Crippen LogP contribution in [0.4, 0.5) is 4.79 Å². The van der Waals surface area contributed by atoms with Crippen LogP contribution in [0, 0.1) is 6.92 Å². The van der Waals surface area contributed by atoms with Crippen molar-refractivity contribution < 1.29 is 19.1 Å². The van der Waals surface area contributed by atoms with Crippen LogP contribution in [-0.4, -0.2) is 11.3 Å². The average Bonchev–Trinajstić information content (AvgIpc) is 2.46. The molecule has 15 heavy (non-hydrogen) atoms. The number of fused-ring (bicyclic) bond motifs is 1. The SMILES string of the molecule is Cc1cc2oc(OC(=O)O)cc2cc1Cl. The maximum Gasteiger partial charge on any atom is 0.513 e. The van der Waals surface area contributed by atoms with Crippen LogP contribution in [0.1, 0.15) is 5.56 Å². The first-order valence-corrected chi connectivity index (χ1v) is 4.54. The molecule has 2 rings (SSSR count). The van der Waals surface area contributed by atoms with Crippen molar-refractivity contribution in [1.29, 1.82) is 0 Å². The number of hydrogen-bond acceptors (Lipinski definition) is 3. The summed E-state index contributed by atoms with van der Waals surface area (Å²) in [5.41, 5.74) is 1.41. The molecule has 0 fully saturated rings. The van der Waals surface area contributed by atoms with Crippen LogP contribution in [0.15, 0.2) is 22.6 Å². The molecule has 0 amide bonds. The number of carboxylic acid groups (broad SMARTS) is 1. The fourth-order valence-corrected chi connectivity index (χ4v) is 1.44. The Bertz CT molecular complexity index is 490. The Morgan fingerprint density at radius 1 is 1.47 bits per heavy atom. The molecule has 1 heterocycles. The molecule has 0 spiro atoms. The van der Waals surface area contributed by atoms with Gasteiger partial charge < -0.3 is 14.3 Å². The highest BCUT2D eigenvalue weighted by Gasteiger charge is 2.09. The van der Waals surface area contributed by atoms with Crippen molar-refractivity contribution in [2.75, 3.05) is 0 Å². The molecule has 1 aromatic carbocycles. The third-order valence-corrected chi connectivity index (χ3v) is 2.37. The van der Waals surface area contributed by atoms with Crippen molar-refractivity contribution >= 4 is 28.7 Å². The second kappa shape index (κ2) is 3.47. The number of halogens is 1. The molecule has 5 heteroatoms. The fourth-order valence-electron chi connectivity index (χ4n) is 1.27. The molecule has 0 aliphatic heterocycles. The summed E-state index contributed by atoms with van der Waals surface area (Å²) in [5.74, 6) is -0.0563. The molecule has 4 nitrogen and oxygen atoms in total. The normalized spacial score (nSPS) is 10.5. The van der Waals surface area contributed by atoms with Gasteiger partial charge in [0, 0.05) is 16.5 Å². The lowest BCUT2D eigenvalue weighted by Gasteiger charge is -1.95. The van der Waals surface area contributed by atoms with E-state index in [4.69, 9.17) is 21.1 Å². The van der Waals surface area contributed by atoms with Crippen molar-refractivity contribution in [2.45, 2.75) is 6.92 Å². The number of rotatable bonds is 1. The average molecular weight is 227 g/mol. The molecule has 0 unspecified atom stereocenters. The van der Waals surface area contributed by atoms with Crippen molar-refractivity contribution in [3.8, 4) is 5.95 Å². The van der Waals surface area contributed by atoms with Crippen molar-refractivity contribution in [3.63, 3.8) is 0 Å². The van der Waals surface area contributed by atoms with Gasteiger partial charge in [-0.3, -0.25) is 0 Å². The zero-order valence-corrected chi connectivity index (χ0v) is 8.54. The van der Waals surface area contributed by atoms with Gasteiger partial charge in [-0.1, -0.05) is 11.6 Å². The van der Waals surface area contributed by atoms with Gasteiger partial charge in [-0.15, -0.1) is 0 Å². The first-order chi connectivity index (χ1) is 7.06. The maximum atomic E-state index is 10.3. The molecule has 0 saturated heterocycles. The van der Waals surface area contributed by atoms with E-state index in [2.05, 4.69) is 4.74 Å². The predicted molar refractivity (Wildman–Crippen MR) is 54.6 cm³/mol. The first-order valence-electron chi connectivity index (χ1n) is 4.17. The largest absolute Gasteiger partial charge is 0.513 e. The minimum atomic E-state index is -1.41. The number of benzene rings is 1. The standard InChI is InChI=1S/C10H7ClO4/c1-5-2-8-6(3-7(5)11)4-9(14-8)15-10(12)13/h2-4H,1H3,(H,12,13). The van der Waals surface area contributed by atoms with Crippen molar-refractivity contribution in [1.82, 2.24) is 0 Å². The molecule has 1 N–H and O–H groups in total. The molecule has 2 aromatic rings. The highest BCUT2D eigenvalue weighted by Crippen LogP contribution is 2.29. The van der Waals surface area contributed by atoms with Crippen LogP contribution >= 0.6 is 11.6 Å². The smallest absolute Gasteiger partial charge is 0.449 e. The summed E-state index contributed by atoms with van der Waals surface area (Å²) in [6.45, 7) is 1.84. The Morgan fingerprint density at radius 3 is 2.87 bits per heavy atom. The van der Waals surface area contributed by atoms with Crippen LogP contribution in [0.3, 0.4) is 0 Å². The first kappa shape index (κ1) is 9.86. The second-order valence-electron chi connectivity index (χ2n) is 3.07.